The van der Waals surface area contributed by atoms with Crippen molar-refractivity contribution in [3.8, 4) is 5.75 Å². The van der Waals surface area contributed by atoms with Crippen molar-refractivity contribution < 1.29 is 19.8 Å². The van der Waals surface area contributed by atoms with E-state index in [1.807, 2.05) is 0 Å². The van der Waals surface area contributed by atoms with E-state index in [1.54, 1.807) is 0 Å². The molecule has 5 nitrogen and oxygen atoms in total. The Morgan fingerprint density at radius 3 is 2.60 bits per heavy atom. The van der Waals surface area contributed by atoms with Gasteiger partial charge in [0.15, 0.2) is 0 Å². The molecule has 0 aliphatic rings. The average Bonchev–Trinajstić information content (AvgIpc) is 2.25. The quantitative estimate of drug-likeness (QED) is 0.486. The Balaban J connectivity index is 2.37. The van der Waals surface area contributed by atoms with Crippen molar-refractivity contribution >= 4 is 5.97 Å². The average molecular weight is 211 g/mol. The third kappa shape index (κ3) is 3.97. The van der Waals surface area contributed by atoms with Gasteiger partial charge in [0.25, 0.3) is 0 Å². The van der Waals surface area contributed by atoms with E-state index in [9.17, 15) is 4.79 Å². The molecular weight excluding hydrogens is 198 g/mol. The number of nitrogens with one attached hydrogen (secondary N) is 1. The van der Waals surface area contributed by atoms with E-state index in [1.165, 1.54) is 24.3 Å². The first-order chi connectivity index (χ1) is 7.24. The molecule has 15 heavy (non-hydrogen) atoms. The topological polar surface area (TPSA) is 78.8 Å². The van der Waals surface area contributed by atoms with E-state index in [0.717, 1.165) is 0 Å². The Hall–Kier alpha value is -1.59. The lowest BCUT2D eigenvalue weighted by atomic mass is 10.2. The van der Waals surface area contributed by atoms with Crippen LogP contribution in [0.25, 0.3) is 0 Å². The Labute approximate surface area is 87.3 Å². The predicted octanol–water partition coefficient (Wildman–Crippen LogP) is 0.436. The second kappa shape index (κ2) is 6.00. The lowest BCUT2D eigenvalue weighted by Crippen LogP contribution is -2.21. The summed E-state index contributed by atoms with van der Waals surface area (Å²) < 4.78 is 0. The van der Waals surface area contributed by atoms with Gasteiger partial charge in [-0.1, -0.05) is 0 Å². The van der Waals surface area contributed by atoms with E-state index < -0.39 is 5.97 Å². The molecule has 0 aliphatic heterocycles. The van der Waals surface area contributed by atoms with E-state index in [0.29, 0.717) is 18.5 Å². The van der Waals surface area contributed by atoms with Crippen LogP contribution in [0.15, 0.2) is 24.3 Å². The van der Waals surface area contributed by atoms with Crippen molar-refractivity contribution in [1.29, 1.82) is 0 Å². The fraction of sp³-hybridized carbons (Fsp3) is 0.300. The smallest absolute Gasteiger partial charge is 0.356 e. The number of aliphatic hydroxyl groups excluding tert-OH is 1. The lowest BCUT2D eigenvalue weighted by molar-refractivity contribution is 0.0243. The number of carbonyl (C=O) groups excluding carboxylic acids is 1. The van der Waals surface area contributed by atoms with Crippen molar-refractivity contribution in [2.45, 2.75) is 6.42 Å². The van der Waals surface area contributed by atoms with Crippen LogP contribution in [-0.2, 0) is 4.84 Å². The number of hydroxylamine groups is 1. The van der Waals surface area contributed by atoms with Crippen LogP contribution in [0, 0.1) is 0 Å². The lowest BCUT2D eigenvalue weighted by Gasteiger charge is -2.04. The Morgan fingerprint density at radius 2 is 2.00 bits per heavy atom. The third-order valence-corrected chi connectivity index (χ3v) is 1.70. The largest absolute Gasteiger partial charge is 0.508 e. The minimum atomic E-state index is -0.520. The van der Waals surface area contributed by atoms with Gasteiger partial charge in [0.1, 0.15) is 5.75 Å². The summed E-state index contributed by atoms with van der Waals surface area (Å²) in [6.45, 7) is 0.448. The minimum Gasteiger partial charge on any atom is -0.508 e. The summed E-state index contributed by atoms with van der Waals surface area (Å²) in [7, 11) is 0. The molecule has 1 aromatic rings. The highest BCUT2D eigenvalue weighted by Crippen LogP contribution is 2.09. The van der Waals surface area contributed by atoms with Crippen LogP contribution in [0.1, 0.15) is 16.8 Å². The normalized spacial score (nSPS) is 9.93. The first-order valence-corrected chi connectivity index (χ1v) is 4.58. The van der Waals surface area contributed by atoms with Gasteiger partial charge < -0.3 is 15.1 Å². The maximum absolute atomic E-state index is 11.3. The van der Waals surface area contributed by atoms with Crippen molar-refractivity contribution in [1.82, 2.24) is 5.48 Å². The summed E-state index contributed by atoms with van der Waals surface area (Å²) in [4.78, 5) is 16.0. The zero-order chi connectivity index (χ0) is 11.1. The van der Waals surface area contributed by atoms with Crippen molar-refractivity contribution in [2.75, 3.05) is 13.2 Å². The van der Waals surface area contributed by atoms with Gasteiger partial charge in [-0.3, -0.25) is 0 Å². The molecule has 0 aromatic heterocycles. The zero-order valence-corrected chi connectivity index (χ0v) is 8.14. The van der Waals surface area contributed by atoms with Gasteiger partial charge >= 0.3 is 5.97 Å². The summed E-state index contributed by atoms with van der Waals surface area (Å²) in [5.74, 6) is -0.423. The van der Waals surface area contributed by atoms with Gasteiger partial charge in [-0.05, 0) is 30.7 Å². The van der Waals surface area contributed by atoms with E-state index in [-0.39, 0.29) is 12.4 Å². The molecule has 1 aromatic carbocycles. The van der Waals surface area contributed by atoms with Crippen LogP contribution >= 0.6 is 0 Å². The van der Waals surface area contributed by atoms with Crippen molar-refractivity contribution in [3.63, 3.8) is 0 Å². The molecule has 0 aliphatic carbocycles. The van der Waals surface area contributed by atoms with E-state index >= 15 is 0 Å². The van der Waals surface area contributed by atoms with Crippen LogP contribution in [0.5, 0.6) is 5.75 Å². The second-order valence-electron chi connectivity index (χ2n) is 2.91. The zero-order valence-electron chi connectivity index (χ0n) is 8.14. The first-order valence-electron chi connectivity index (χ1n) is 4.58. The highest BCUT2D eigenvalue weighted by atomic mass is 16.7. The molecule has 0 saturated heterocycles. The van der Waals surface area contributed by atoms with Crippen LogP contribution in [0.4, 0.5) is 0 Å². The molecule has 0 bridgehead atoms. The molecule has 3 N–H and O–H groups in total. The van der Waals surface area contributed by atoms with Gasteiger partial charge in [-0.25, -0.2) is 4.79 Å². The number of hydrogen-bond acceptors (Lipinski definition) is 5. The van der Waals surface area contributed by atoms with Crippen LogP contribution in [-0.4, -0.2) is 29.3 Å². The number of phenols is 1. The molecule has 82 valence electrons. The molecule has 0 heterocycles. The maximum Gasteiger partial charge on any atom is 0.356 e. The second-order valence-corrected chi connectivity index (χ2v) is 2.91. The summed E-state index contributed by atoms with van der Waals surface area (Å²) in [6.07, 6.45) is 0.517. The number of benzene rings is 1. The van der Waals surface area contributed by atoms with Gasteiger partial charge in [0, 0.05) is 13.2 Å². The van der Waals surface area contributed by atoms with Crippen LogP contribution < -0.4 is 5.48 Å². The van der Waals surface area contributed by atoms with Crippen molar-refractivity contribution in [3.05, 3.63) is 29.8 Å². The number of carbonyl (C=O) groups is 1. The predicted molar refractivity (Wildman–Crippen MR) is 53.2 cm³/mol. The Morgan fingerprint density at radius 1 is 1.33 bits per heavy atom. The standard InChI is InChI=1S/C10H13NO4/c12-7-1-6-11-15-10(14)8-2-4-9(13)5-3-8/h2-5,11-13H,1,6-7H2. The highest BCUT2D eigenvalue weighted by molar-refractivity contribution is 5.89. The molecule has 1 rings (SSSR count). The van der Waals surface area contributed by atoms with E-state index in [4.69, 9.17) is 10.2 Å². The van der Waals surface area contributed by atoms with Gasteiger partial charge in [0.05, 0.1) is 5.56 Å². The highest BCUT2D eigenvalue weighted by Gasteiger charge is 2.06. The van der Waals surface area contributed by atoms with Crippen LogP contribution in [0.3, 0.4) is 0 Å². The molecule has 0 spiro atoms. The fourth-order valence-electron chi connectivity index (χ4n) is 0.924. The molecule has 0 atom stereocenters. The third-order valence-electron chi connectivity index (χ3n) is 1.70. The van der Waals surface area contributed by atoms with Gasteiger partial charge in [-0.15, -0.1) is 0 Å². The number of aliphatic hydroxyl groups is 1. The molecule has 0 radical (unpaired) electrons. The number of rotatable bonds is 5. The van der Waals surface area contributed by atoms with Crippen molar-refractivity contribution in [2.24, 2.45) is 0 Å². The van der Waals surface area contributed by atoms with Gasteiger partial charge in [-0.2, -0.15) is 5.48 Å². The summed E-state index contributed by atoms with van der Waals surface area (Å²) in [5, 5.41) is 17.5. The summed E-state index contributed by atoms with van der Waals surface area (Å²) in [5.41, 5.74) is 2.78. The SMILES string of the molecule is O=C(ONCCCO)c1ccc(O)cc1. The molecule has 0 amide bonds. The molecule has 0 fully saturated rings. The number of phenolic OH excluding ortho intramolecular Hbond substituents is 1. The molecule has 0 unspecified atom stereocenters. The Bertz CT molecular complexity index is 310. The van der Waals surface area contributed by atoms with Gasteiger partial charge in [0.2, 0.25) is 0 Å². The van der Waals surface area contributed by atoms with E-state index in [2.05, 4.69) is 10.3 Å². The molecule has 5 heteroatoms. The maximum atomic E-state index is 11.3. The summed E-state index contributed by atoms with van der Waals surface area (Å²) >= 11 is 0. The number of hydrogen-bond donors (Lipinski definition) is 3. The molecular formula is C10H13NO4. The minimum absolute atomic E-state index is 0.0454. The Kier molecular flexibility index (Phi) is 4.59. The summed E-state index contributed by atoms with van der Waals surface area (Å²) in [6, 6.07) is 5.74. The number of aromatic hydroxyl groups is 1. The van der Waals surface area contributed by atoms with Crippen LogP contribution in [0.2, 0.25) is 0 Å². The monoisotopic (exact) mass is 211 g/mol. The fourth-order valence-corrected chi connectivity index (χ4v) is 0.924. The molecule has 0 saturated carbocycles. The first kappa shape index (κ1) is 11.5.